The summed E-state index contributed by atoms with van der Waals surface area (Å²) in [6, 6.07) is 9.67. The number of likely N-dealkylation sites (N-methyl/N-ethyl adjacent to an activating group) is 1. The molecule has 0 spiro atoms. The number of piperazine rings is 1. The van der Waals surface area contributed by atoms with Crippen molar-refractivity contribution in [1.29, 1.82) is 0 Å². The van der Waals surface area contributed by atoms with Gasteiger partial charge in [-0.3, -0.25) is 14.5 Å². The summed E-state index contributed by atoms with van der Waals surface area (Å²) in [5.74, 6) is 0. The number of benzene rings is 1. The molecule has 0 aliphatic carbocycles. The van der Waals surface area contributed by atoms with Gasteiger partial charge in [-0.25, -0.2) is 13.4 Å². The fourth-order valence-corrected chi connectivity index (χ4v) is 5.54. The number of hydrogen-bond acceptors (Lipinski definition) is 7. The van der Waals surface area contributed by atoms with Crippen LogP contribution in [0.5, 0.6) is 0 Å². The van der Waals surface area contributed by atoms with Crippen LogP contribution in [-0.2, 0) is 10.0 Å². The molecule has 11 heteroatoms. The van der Waals surface area contributed by atoms with Crippen molar-refractivity contribution in [3.05, 3.63) is 58.9 Å². The van der Waals surface area contributed by atoms with E-state index in [1.807, 2.05) is 40.7 Å². The Morgan fingerprint density at radius 3 is 2.62 bits per heavy atom. The Kier molecular flexibility index (Phi) is 5.30. The number of hydrogen-bond donors (Lipinski definition) is 0. The lowest BCUT2D eigenvalue weighted by Crippen LogP contribution is -2.47. The van der Waals surface area contributed by atoms with Gasteiger partial charge in [0.25, 0.3) is 5.69 Å². The summed E-state index contributed by atoms with van der Waals surface area (Å²) in [7, 11) is -1.85. The van der Waals surface area contributed by atoms with Gasteiger partial charge in [0.1, 0.15) is 0 Å². The van der Waals surface area contributed by atoms with Gasteiger partial charge in [-0.2, -0.15) is 4.31 Å². The number of aromatic nitrogens is 2. The minimum atomic E-state index is -3.78. The van der Waals surface area contributed by atoms with Gasteiger partial charge in [-0.05, 0) is 43.1 Å². The van der Waals surface area contributed by atoms with Crippen LogP contribution in [0.1, 0.15) is 0 Å². The molecule has 0 amide bonds. The highest BCUT2D eigenvalue weighted by Crippen LogP contribution is 2.36. The van der Waals surface area contributed by atoms with Gasteiger partial charge in [-0.15, -0.1) is 0 Å². The molecule has 1 aliphatic heterocycles. The summed E-state index contributed by atoms with van der Waals surface area (Å²) in [4.78, 5) is 17.7. The molecule has 4 rings (SSSR count). The molecule has 0 saturated carbocycles. The van der Waals surface area contributed by atoms with Crippen molar-refractivity contribution in [1.82, 2.24) is 18.6 Å². The van der Waals surface area contributed by atoms with Gasteiger partial charge < -0.3 is 4.90 Å². The molecule has 0 N–H and O–H groups in total. The van der Waals surface area contributed by atoms with E-state index in [0.717, 1.165) is 23.3 Å². The summed E-state index contributed by atoms with van der Waals surface area (Å²) in [5, 5.41) is 12.2. The van der Waals surface area contributed by atoms with Crippen LogP contribution in [0, 0.1) is 10.1 Å². The number of rotatable bonds is 5. The first-order chi connectivity index (χ1) is 13.9. The van der Waals surface area contributed by atoms with E-state index in [4.69, 9.17) is 0 Å². The fourth-order valence-electron chi connectivity index (χ4n) is 3.16. The van der Waals surface area contributed by atoms with Crippen LogP contribution in [-0.4, -0.2) is 65.2 Å². The van der Waals surface area contributed by atoms with E-state index in [1.54, 1.807) is 6.20 Å². The highest BCUT2D eigenvalue weighted by atomic mass is 32.2. The molecule has 152 valence electrons. The van der Waals surface area contributed by atoms with Crippen molar-refractivity contribution in [2.75, 3.05) is 33.2 Å². The van der Waals surface area contributed by atoms with E-state index in [0.29, 0.717) is 36.2 Å². The van der Waals surface area contributed by atoms with Crippen LogP contribution < -0.4 is 0 Å². The molecule has 1 saturated heterocycles. The third-order valence-electron chi connectivity index (χ3n) is 4.83. The largest absolute Gasteiger partial charge is 0.304 e. The highest BCUT2D eigenvalue weighted by Gasteiger charge is 2.30. The van der Waals surface area contributed by atoms with Crippen molar-refractivity contribution < 1.29 is 13.3 Å². The van der Waals surface area contributed by atoms with Gasteiger partial charge >= 0.3 is 0 Å². The lowest BCUT2D eigenvalue weighted by molar-refractivity contribution is -0.388. The third kappa shape index (κ3) is 3.86. The van der Waals surface area contributed by atoms with Gasteiger partial charge in [-0.1, -0.05) is 6.07 Å². The van der Waals surface area contributed by atoms with E-state index in [9.17, 15) is 18.5 Å². The minimum absolute atomic E-state index is 0.0638. The molecular formula is C18H19N5O4S2. The monoisotopic (exact) mass is 433 g/mol. The summed E-state index contributed by atoms with van der Waals surface area (Å²) < 4.78 is 29.1. The van der Waals surface area contributed by atoms with Crippen LogP contribution in [0.15, 0.2) is 63.7 Å². The predicted molar refractivity (Wildman–Crippen MR) is 109 cm³/mol. The van der Waals surface area contributed by atoms with E-state index in [2.05, 4.69) is 4.98 Å². The first kappa shape index (κ1) is 19.8. The quantitative estimate of drug-likeness (QED) is 0.450. The van der Waals surface area contributed by atoms with Crippen LogP contribution in [0.2, 0.25) is 0 Å². The van der Waals surface area contributed by atoms with Gasteiger partial charge in [0, 0.05) is 38.4 Å². The van der Waals surface area contributed by atoms with E-state index < -0.39 is 14.9 Å². The maximum absolute atomic E-state index is 12.9. The number of sulfonamides is 1. The number of fused-ring (bicyclic) bond motifs is 1. The zero-order valence-corrected chi connectivity index (χ0v) is 17.3. The predicted octanol–water partition coefficient (Wildman–Crippen LogP) is 2.33. The van der Waals surface area contributed by atoms with Gasteiger partial charge in [0.2, 0.25) is 10.0 Å². The normalized spacial score (nSPS) is 16.3. The molecule has 0 atom stereocenters. The molecule has 1 fully saturated rings. The van der Waals surface area contributed by atoms with E-state index in [-0.39, 0.29) is 10.6 Å². The number of nitrogens with zero attached hydrogens (tertiary/aromatic N) is 5. The Bertz CT molecular complexity index is 1170. The zero-order chi connectivity index (χ0) is 20.6. The Morgan fingerprint density at radius 1 is 1.14 bits per heavy atom. The minimum Gasteiger partial charge on any atom is -0.304 e. The van der Waals surface area contributed by atoms with Gasteiger partial charge in [0.15, 0.2) is 5.16 Å². The Balaban J connectivity index is 1.68. The molecule has 0 unspecified atom stereocenters. The summed E-state index contributed by atoms with van der Waals surface area (Å²) >= 11 is 1.13. The SMILES string of the molecule is CN1CCN(S(=O)(=O)c2ccc(Sc3ncc4ccccn34)c([N+](=O)[O-])c2)CC1. The molecule has 0 radical (unpaired) electrons. The van der Waals surface area contributed by atoms with Crippen molar-refractivity contribution >= 4 is 33.0 Å². The molecule has 3 aromatic rings. The first-order valence-electron chi connectivity index (χ1n) is 8.93. The van der Waals surface area contributed by atoms with Crippen LogP contribution in [0.25, 0.3) is 5.52 Å². The van der Waals surface area contributed by atoms with Crippen molar-refractivity contribution in [3.8, 4) is 0 Å². The van der Waals surface area contributed by atoms with Crippen molar-refractivity contribution in [2.45, 2.75) is 14.9 Å². The Hall–Kier alpha value is -2.47. The summed E-state index contributed by atoms with van der Waals surface area (Å²) in [5.41, 5.74) is 0.616. The second kappa shape index (κ2) is 7.75. The second-order valence-electron chi connectivity index (χ2n) is 6.73. The molecule has 0 bridgehead atoms. The molecule has 2 aromatic heterocycles. The third-order valence-corrected chi connectivity index (χ3v) is 7.78. The number of nitro groups is 1. The molecule has 3 heterocycles. The van der Waals surface area contributed by atoms with Crippen LogP contribution in [0.3, 0.4) is 0 Å². The summed E-state index contributed by atoms with van der Waals surface area (Å²) in [6.45, 7) is 1.98. The zero-order valence-electron chi connectivity index (χ0n) is 15.6. The lowest BCUT2D eigenvalue weighted by atomic mass is 10.3. The van der Waals surface area contributed by atoms with Crippen molar-refractivity contribution in [3.63, 3.8) is 0 Å². The van der Waals surface area contributed by atoms with Crippen molar-refractivity contribution in [2.24, 2.45) is 0 Å². The van der Waals surface area contributed by atoms with Crippen LogP contribution >= 0.6 is 11.8 Å². The number of nitro benzene ring substituents is 1. The maximum atomic E-state index is 12.9. The molecular weight excluding hydrogens is 414 g/mol. The smallest absolute Gasteiger partial charge is 0.284 e. The molecule has 1 aromatic carbocycles. The fraction of sp³-hybridized carbons (Fsp3) is 0.278. The summed E-state index contributed by atoms with van der Waals surface area (Å²) in [6.07, 6.45) is 3.50. The Morgan fingerprint density at radius 2 is 1.90 bits per heavy atom. The highest BCUT2D eigenvalue weighted by molar-refractivity contribution is 7.99. The van der Waals surface area contributed by atoms with Gasteiger partial charge in [0.05, 0.1) is 26.4 Å². The maximum Gasteiger partial charge on any atom is 0.284 e. The molecule has 9 nitrogen and oxygen atoms in total. The molecule has 29 heavy (non-hydrogen) atoms. The van der Waals surface area contributed by atoms with E-state index in [1.165, 1.54) is 16.4 Å². The first-order valence-corrected chi connectivity index (χ1v) is 11.2. The number of pyridine rings is 1. The number of imidazole rings is 1. The average molecular weight is 434 g/mol. The topological polar surface area (TPSA) is 101 Å². The Labute approximate surface area is 172 Å². The second-order valence-corrected chi connectivity index (χ2v) is 9.68. The molecule has 1 aliphatic rings. The lowest BCUT2D eigenvalue weighted by Gasteiger charge is -2.31. The van der Waals surface area contributed by atoms with E-state index >= 15 is 0 Å². The standard InChI is InChI=1S/C18H19N5O4S2/c1-20-8-10-21(11-9-20)29(26,27)15-5-6-17(16(12-15)23(24)25)28-18-19-13-14-4-2-3-7-22(14)18/h2-7,12-13H,8-11H2,1H3. The van der Waals surface area contributed by atoms with Crippen LogP contribution in [0.4, 0.5) is 5.69 Å². The average Bonchev–Trinajstić information content (AvgIpc) is 3.11.